The number of methoxy groups -OCH3 is 1. The van der Waals surface area contributed by atoms with Gasteiger partial charge in [0.1, 0.15) is 0 Å². The number of aromatic hydroxyl groups is 1. The molecule has 0 bridgehead atoms. The van der Waals surface area contributed by atoms with Crippen molar-refractivity contribution >= 4 is 80.6 Å². The summed E-state index contributed by atoms with van der Waals surface area (Å²) in [5, 5.41) is 10.0. The van der Waals surface area contributed by atoms with Gasteiger partial charge in [-0.1, -0.05) is 70.6 Å². The van der Waals surface area contributed by atoms with Crippen molar-refractivity contribution in [1.82, 2.24) is 4.90 Å². The second kappa shape index (κ2) is 10.6. The Hall–Kier alpha value is -3.40. The van der Waals surface area contributed by atoms with Gasteiger partial charge in [0.05, 0.1) is 30.1 Å². The van der Waals surface area contributed by atoms with Crippen LogP contribution in [-0.4, -0.2) is 55.9 Å². The molecule has 0 radical (unpaired) electrons. The van der Waals surface area contributed by atoms with Gasteiger partial charge in [-0.2, -0.15) is 0 Å². The molecule has 43 heavy (non-hydrogen) atoms. The lowest BCUT2D eigenvalue weighted by molar-refractivity contribution is -0.138. The molecule has 0 spiro atoms. The number of hydrogen-bond donors (Lipinski definition) is 1. The van der Waals surface area contributed by atoms with E-state index in [-0.39, 0.29) is 41.6 Å². The van der Waals surface area contributed by atoms with Crippen LogP contribution in [0.1, 0.15) is 24.0 Å². The predicted octanol–water partition coefficient (Wildman–Crippen LogP) is 5.51. The third kappa shape index (κ3) is 4.15. The van der Waals surface area contributed by atoms with Gasteiger partial charge in [-0.05, 0) is 54.2 Å². The number of rotatable bonds is 6. The number of benzene rings is 2. The molecule has 2 aromatic rings. The summed E-state index contributed by atoms with van der Waals surface area (Å²) in [7, 11) is 1.43. The van der Waals surface area contributed by atoms with E-state index in [0.29, 0.717) is 16.8 Å². The molecule has 8 nitrogen and oxygen atoms in total. The second-order valence-electron chi connectivity index (χ2n) is 11.1. The van der Waals surface area contributed by atoms with Gasteiger partial charge in [0.2, 0.25) is 11.8 Å². The Kier molecular flexibility index (Phi) is 7.34. The number of alkyl halides is 3. The van der Waals surface area contributed by atoms with Gasteiger partial charge in [-0.3, -0.25) is 29.0 Å². The molecule has 2 aliphatic carbocycles. The first-order valence-corrected chi connectivity index (χ1v) is 15.5. The smallest absolute Gasteiger partial charge is 0.254 e. The first-order chi connectivity index (χ1) is 20.5. The number of halogens is 3. The molecule has 6 rings (SSSR count). The Morgan fingerprint density at radius 1 is 1.05 bits per heavy atom. The van der Waals surface area contributed by atoms with Gasteiger partial charge in [0.25, 0.3) is 11.8 Å². The number of carbonyl (C=O) groups is 4. The van der Waals surface area contributed by atoms with E-state index in [0.717, 1.165) is 10.5 Å². The average Bonchev–Trinajstić information content (AvgIpc) is 3.35. The van der Waals surface area contributed by atoms with Crippen molar-refractivity contribution in [1.29, 1.82) is 0 Å². The molecule has 4 amide bonds. The summed E-state index contributed by atoms with van der Waals surface area (Å²) in [6, 6.07) is 11.7. The van der Waals surface area contributed by atoms with Crippen LogP contribution in [0.3, 0.4) is 0 Å². The third-order valence-corrected chi connectivity index (χ3v) is 11.1. The van der Waals surface area contributed by atoms with Gasteiger partial charge in [-0.25, -0.2) is 0 Å². The summed E-state index contributed by atoms with van der Waals surface area (Å²) < 4.78 is 5.22. The maximum Gasteiger partial charge on any atom is 0.254 e. The van der Waals surface area contributed by atoms with Crippen LogP contribution < -0.4 is 9.64 Å². The highest BCUT2D eigenvalue weighted by Gasteiger charge is 2.75. The number of carbonyl (C=O) groups excluding carboxylic acids is 4. The number of imide groups is 2. The van der Waals surface area contributed by atoms with Crippen molar-refractivity contribution in [3.8, 4) is 11.5 Å². The Morgan fingerprint density at radius 3 is 2.40 bits per heavy atom. The van der Waals surface area contributed by atoms with E-state index < -0.39 is 45.2 Å². The molecular formula is C32H27BrCl2N2O6. The van der Waals surface area contributed by atoms with Crippen LogP contribution in [0.4, 0.5) is 5.69 Å². The van der Waals surface area contributed by atoms with Crippen LogP contribution in [0.2, 0.25) is 0 Å². The minimum atomic E-state index is -1.88. The van der Waals surface area contributed by atoms with Gasteiger partial charge < -0.3 is 9.84 Å². The number of fused-ring (bicyclic) bond motifs is 4. The molecule has 1 N–H and O–H groups in total. The molecule has 6 atom stereocenters. The Balaban J connectivity index is 1.45. The summed E-state index contributed by atoms with van der Waals surface area (Å²) in [5.74, 6) is -4.68. The Bertz CT molecular complexity index is 1640. The van der Waals surface area contributed by atoms with Crippen molar-refractivity contribution in [3.05, 3.63) is 77.9 Å². The average molecular weight is 686 g/mol. The Labute approximate surface area is 266 Å². The summed E-state index contributed by atoms with van der Waals surface area (Å²) in [4.78, 5) is 53.7. The van der Waals surface area contributed by atoms with Crippen molar-refractivity contribution in [2.45, 2.75) is 22.6 Å². The molecular weight excluding hydrogens is 659 g/mol. The van der Waals surface area contributed by atoms with Gasteiger partial charge >= 0.3 is 0 Å². The predicted molar refractivity (Wildman–Crippen MR) is 167 cm³/mol. The zero-order valence-electron chi connectivity index (χ0n) is 23.0. The molecule has 6 unspecified atom stereocenters. The van der Waals surface area contributed by atoms with E-state index in [1.54, 1.807) is 54.6 Å². The maximum atomic E-state index is 14.0. The number of likely N-dealkylation sites (tertiary alicyclic amines) is 1. The van der Waals surface area contributed by atoms with Gasteiger partial charge in [0, 0.05) is 5.92 Å². The molecule has 222 valence electrons. The van der Waals surface area contributed by atoms with E-state index >= 15 is 0 Å². The van der Waals surface area contributed by atoms with Crippen molar-refractivity contribution < 1.29 is 29.0 Å². The minimum Gasteiger partial charge on any atom is -0.504 e. The first-order valence-electron chi connectivity index (χ1n) is 13.7. The van der Waals surface area contributed by atoms with Gasteiger partial charge in [0.15, 0.2) is 21.2 Å². The van der Waals surface area contributed by atoms with Crippen LogP contribution in [0.25, 0.3) is 12.2 Å². The van der Waals surface area contributed by atoms with E-state index in [1.165, 1.54) is 18.1 Å². The normalized spacial score (nSPS) is 31.7. The number of ether oxygens (including phenoxy) is 1. The topological polar surface area (TPSA) is 104 Å². The fraction of sp³-hybridized carbons (Fsp3) is 0.312. The van der Waals surface area contributed by atoms with Crippen molar-refractivity contribution in [3.63, 3.8) is 0 Å². The van der Waals surface area contributed by atoms with Crippen LogP contribution in [0, 0.1) is 23.7 Å². The second-order valence-corrected chi connectivity index (χ2v) is 12.9. The standard InChI is InChI=1S/C32H27BrCl2N2O6/c1-3-17-4-8-19(9-5-17)37-27(39)21-11-10-20-22(26(21)28(37)40)15-31(34)29(41)36(16-33)30(42)32(31,35)23(20)12-6-18-7-13-24(38)25(14-18)43-2/h3-10,12-14,21-23,26,38H,1,11,15-16H2,2H3. The number of allylic oxidation sites excluding steroid dienone is 3. The number of amides is 4. The van der Waals surface area contributed by atoms with E-state index in [1.807, 2.05) is 6.08 Å². The van der Waals surface area contributed by atoms with E-state index in [9.17, 15) is 24.3 Å². The summed E-state index contributed by atoms with van der Waals surface area (Å²) in [6.45, 7) is 3.75. The first kappa shape index (κ1) is 29.7. The number of phenolic OH excluding ortho intramolecular Hbond substituents is 1. The highest BCUT2D eigenvalue weighted by molar-refractivity contribution is 9.09. The number of hydrogen-bond acceptors (Lipinski definition) is 6. The van der Waals surface area contributed by atoms with Crippen LogP contribution in [-0.2, 0) is 19.2 Å². The number of phenols is 1. The SMILES string of the molecule is C=Cc1ccc(N2C(=O)C3CC=C4C(CC5(Cl)C(=O)N(CBr)C(=O)C5(Cl)C4C=Cc4ccc(O)c(OC)c4)C3C2=O)cc1. The summed E-state index contributed by atoms with van der Waals surface area (Å²) >= 11 is 17.6. The number of anilines is 1. The molecule has 0 aromatic heterocycles. The van der Waals surface area contributed by atoms with Crippen LogP contribution in [0.15, 0.2) is 66.8 Å². The van der Waals surface area contributed by atoms with E-state index in [2.05, 4.69) is 22.5 Å². The van der Waals surface area contributed by atoms with Crippen LogP contribution in [0.5, 0.6) is 11.5 Å². The lowest BCUT2D eigenvalue weighted by atomic mass is 9.57. The molecule has 1 saturated carbocycles. The molecule has 2 aliphatic heterocycles. The lowest BCUT2D eigenvalue weighted by Crippen LogP contribution is -2.60. The summed E-state index contributed by atoms with van der Waals surface area (Å²) in [5.41, 5.74) is 2.54. The maximum absolute atomic E-state index is 14.0. The minimum absolute atomic E-state index is 0.0374. The fourth-order valence-corrected chi connectivity index (χ4v) is 8.40. The lowest BCUT2D eigenvalue weighted by Gasteiger charge is -2.49. The van der Waals surface area contributed by atoms with Crippen molar-refractivity contribution in [2.24, 2.45) is 23.7 Å². The van der Waals surface area contributed by atoms with Crippen LogP contribution >= 0.6 is 39.1 Å². The monoisotopic (exact) mass is 684 g/mol. The Morgan fingerprint density at radius 2 is 1.74 bits per heavy atom. The quantitative estimate of drug-likeness (QED) is 0.186. The fourth-order valence-electron chi connectivity index (χ4n) is 7.02. The molecule has 2 heterocycles. The largest absolute Gasteiger partial charge is 0.504 e. The van der Waals surface area contributed by atoms with E-state index in [4.69, 9.17) is 27.9 Å². The van der Waals surface area contributed by atoms with Gasteiger partial charge in [-0.15, -0.1) is 23.2 Å². The molecule has 4 aliphatic rings. The zero-order valence-corrected chi connectivity index (χ0v) is 26.1. The zero-order chi connectivity index (χ0) is 30.8. The van der Waals surface area contributed by atoms with Crippen molar-refractivity contribution in [2.75, 3.05) is 17.5 Å². The third-order valence-electron chi connectivity index (χ3n) is 9.14. The summed E-state index contributed by atoms with van der Waals surface area (Å²) in [6.07, 6.45) is 7.16. The molecule has 11 heteroatoms. The molecule has 3 fully saturated rings. The molecule has 2 saturated heterocycles. The number of nitrogens with zero attached hydrogens (tertiary/aromatic N) is 2. The molecule has 2 aromatic carbocycles. The highest BCUT2D eigenvalue weighted by atomic mass is 79.9. The highest BCUT2D eigenvalue weighted by Crippen LogP contribution is 2.63.